The van der Waals surface area contributed by atoms with Crippen LogP contribution in [0.3, 0.4) is 0 Å². The molecular weight excluding hydrogens is 374 g/mol. The summed E-state index contributed by atoms with van der Waals surface area (Å²) in [7, 11) is 1.60. The fourth-order valence-electron chi connectivity index (χ4n) is 2.81. The highest BCUT2D eigenvalue weighted by atomic mass is 32.1. The number of carbonyl (C=O) groups is 2. The third-order valence-corrected chi connectivity index (χ3v) is 4.15. The van der Waals surface area contributed by atoms with Gasteiger partial charge in [0.15, 0.2) is 0 Å². The number of carboxylic acids is 1. The van der Waals surface area contributed by atoms with Crippen LogP contribution in [0.4, 0.5) is 0 Å². The quantitative estimate of drug-likeness (QED) is 0.484. The van der Waals surface area contributed by atoms with Gasteiger partial charge >= 0.3 is 5.97 Å². The number of thiol groups is 1. The number of carboxylic acid groups (broad SMARTS) is 1. The molecule has 5 nitrogen and oxygen atoms in total. The average molecular weight is 406 g/mol. The number of hydrogen-bond acceptors (Lipinski definition) is 4. The van der Waals surface area contributed by atoms with Crippen LogP contribution < -0.4 is 4.74 Å². The van der Waals surface area contributed by atoms with Crippen molar-refractivity contribution in [2.75, 3.05) is 26.5 Å². The zero-order valence-corrected chi connectivity index (χ0v) is 18.2. The topological polar surface area (TPSA) is 66.8 Å². The number of ether oxygens (including phenoxy) is 1. The molecule has 0 aromatic heterocycles. The molecule has 1 aromatic carbocycles. The minimum Gasteiger partial charge on any atom is -0.496 e. The molecule has 154 valence electrons. The van der Waals surface area contributed by atoms with E-state index in [4.69, 9.17) is 16.3 Å². The molecule has 0 aliphatic heterocycles. The van der Waals surface area contributed by atoms with Crippen molar-refractivity contribution in [3.8, 4) is 18.1 Å². The van der Waals surface area contributed by atoms with Gasteiger partial charge in [0, 0.05) is 17.5 Å². The highest BCUT2D eigenvalue weighted by Gasteiger charge is 2.34. The van der Waals surface area contributed by atoms with Gasteiger partial charge in [0.25, 0.3) is 0 Å². The summed E-state index contributed by atoms with van der Waals surface area (Å²) in [6.45, 7) is 5.61. The molecule has 6 heteroatoms. The van der Waals surface area contributed by atoms with Crippen LogP contribution in [-0.4, -0.2) is 48.3 Å². The first-order valence-electron chi connectivity index (χ1n) is 8.93. The van der Waals surface area contributed by atoms with Gasteiger partial charge in [-0.1, -0.05) is 57.0 Å². The Morgan fingerprint density at radius 1 is 1.36 bits per heavy atom. The number of hydrogen-bond donors (Lipinski definition) is 2. The van der Waals surface area contributed by atoms with Crippen LogP contribution >= 0.6 is 12.6 Å². The molecular formula is C22H31NO4S. The molecule has 1 unspecified atom stereocenters. The molecule has 1 atom stereocenters. The number of methoxy groups -OCH3 is 1. The van der Waals surface area contributed by atoms with E-state index < -0.39 is 17.3 Å². The Morgan fingerprint density at radius 2 is 1.96 bits per heavy atom. The molecule has 0 fully saturated rings. The molecule has 0 radical (unpaired) electrons. The van der Waals surface area contributed by atoms with Gasteiger partial charge in [-0.15, -0.1) is 6.42 Å². The number of para-hydroxylation sites is 1. The monoisotopic (exact) mass is 405 g/mol. The van der Waals surface area contributed by atoms with Gasteiger partial charge in [-0.05, 0) is 18.7 Å². The van der Waals surface area contributed by atoms with E-state index in [2.05, 4.69) is 18.5 Å². The van der Waals surface area contributed by atoms with Crippen molar-refractivity contribution in [1.82, 2.24) is 4.90 Å². The van der Waals surface area contributed by atoms with Crippen LogP contribution in [0, 0.1) is 23.7 Å². The molecule has 0 saturated carbocycles. The lowest BCUT2D eigenvalue weighted by Crippen LogP contribution is -2.42. The molecule has 1 rings (SSSR count). The molecule has 1 amide bonds. The lowest BCUT2D eigenvalue weighted by molar-refractivity contribution is -0.145. The Hall–Kier alpha value is -2.39. The second-order valence-corrected chi connectivity index (χ2v) is 6.86. The minimum absolute atomic E-state index is 0.159. The van der Waals surface area contributed by atoms with E-state index >= 15 is 0 Å². The smallest absolute Gasteiger partial charge is 0.306 e. The van der Waals surface area contributed by atoms with E-state index in [9.17, 15) is 9.59 Å². The summed E-state index contributed by atoms with van der Waals surface area (Å²) in [4.78, 5) is 25.5. The highest BCUT2D eigenvalue weighted by Crippen LogP contribution is 2.28. The minimum atomic E-state index is -0.912. The van der Waals surface area contributed by atoms with Crippen molar-refractivity contribution in [3.05, 3.63) is 35.9 Å². The molecule has 0 aliphatic carbocycles. The summed E-state index contributed by atoms with van der Waals surface area (Å²) in [6, 6.07) is 7.57. The van der Waals surface area contributed by atoms with E-state index in [1.807, 2.05) is 36.4 Å². The Bertz CT molecular complexity index is 707. The Kier molecular flexibility index (Phi) is 11.8. The lowest BCUT2D eigenvalue weighted by atomic mass is 9.82. The molecule has 0 heterocycles. The first-order chi connectivity index (χ1) is 13.2. The molecule has 0 aliphatic rings. The SMILES string of the molecule is C#CCN(C/C=C/c1ccccc1OC)C(=O)C(C)(C)CC(C)C(=O)O.CS. The van der Waals surface area contributed by atoms with Crippen molar-refractivity contribution >= 4 is 30.6 Å². The lowest BCUT2D eigenvalue weighted by Gasteiger charge is -2.31. The summed E-state index contributed by atoms with van der Waals surface area (Å²) < 4.78 is 5.30. The standard InChI is InChI=1S/C21H27NO4.CH4S/c1-6-13-22(20(25)21(3,4)15-16(2)19(23)24)14-9-11-17-10-7-8-12-18(17)26-5;1-2/h1,7-12,16H,13-15H2,2-5H3,(H,23,24);2H,1H3/b11-9+;. The van der Waals surface area contributed by atoms with Crippen LogP contribution in [-0.2, 0) is 9.59 Å². The maximum atomic E-state index is 12.9. The summed E-state index contributed by atoms with van der Waals surface area (Å²) >= 11 is 3.53. The number of benzene rings is 1. The first-order valence-corrected chi connectivity index (χ1v) is 9.82. The summed E-state index contributed by atoms with van der Waals surface area (Å²) in [5.74, 6) is 1.57. The molecule has 0 spiro atoms. The largest absolute Gasteiger partial charge is 0.496 e. The number of terminal acetylenes is 1. The maximum absolute atomic E-state index is 12.9. The van der Waals surface area contributed by atoms with Crippen LogP contribution in [0.15, 0.2) is 30.3 Å². The number of nitrogens with zero attached hydrogens (tertiary/aromatic N) is 1. The number of carbonyl (C=O) groups excluding carboxylic acids is 1. The molecule has 1 aromatic rings. The van der Waals surface area contributed by atoms with E-state index in [0.29, 0.717) is 6.54 Å². The van der Waals surface area contributed by atoms with E-state index in [1.165, 1.54) is 0 Å². The zero-order chi connectivity index (χ0) is 21.7. The zero-order valence-electron chi connectivity index (χ0n) is 17.3. The summed E-state index contributed by atoms with van der Waals surface area (Å²) in [6.07, 6.45) is 11.1. The van der Waals surface area contributed by atoms with Crippen molar-refractivity contribution in [2.24, 2.45) is 11.3 Å². The van der Waals surface area contributed by atoms with E-state index in [0.717, 1.165) is 11.3 Å². The second kappa shape index (κ2) is 12.9. The summed E-state index contributed by atoms with van der Waals surface area (Å²) in [5, 5.41) is 9.11. The number of amides is 1. The van der Waals surface area contributed by atoms with E-state index in [1.54, 1.807) is 39.0 Å². The van der Waals surface area contributed by atoms with Gasteiger partial charge in [0.2, 0.25) is 5.91 Å². The van der Waals surface area contributed by atoms with Gasteiger partial charge in [-0.25, -0.2) is 0 Å². The first kappa shape index (κ1) is 25.6. The average Bonchev–Trinajstić information content (AvgIpc) is 2.68. The van der Waals surface area contributed by atoms with Crippen molar-refractivity contribution in [3.63, 3.8) is 0 Å². The van der Waals surface area contributed by atoms with Crippen LogP contribution in [0.2, 0.25) is 0 Å². The Morgan fingerprint density at radius 3 is 2.50 bits per heavy atom. The predicted octanol–water partition coefficient (Wildman–Crippen LogP) is 3.85. The third kappa shape index (κ3) is 8.10. The fourth-order valence-corrected chi connectivity index (χ4v) is 2.81. The third-order valence-electron chi connectivity index (χ3n) is 4.15. The van der Waals surface area contributed by atoms with Gasteiger partial charge < -0.3 is 14.7 Å². The molecule has 0 saturated heterocycles. The Labute approximate surface area is 174 Å². The molecule has 28 heavy (non-hydrogen) atoms. The highest BCUT2D eigenvalue weighted by molar-refractivity contribution is 7.79. The van der Waals surface area contributed by atoms with Crippen molar-refractivity contribution in [1.29, 1.82) is 0 Å². The molecule has 1 N–H and O–H groups in total. The summed E-state index contributed by atoms with van der Waals surface area (Å²) in [5.41, 5.74) is 0.0919. The van der Waals surface area contributed by atoms with Crippen molar-refractivity contribution in [2.45, 2.75) is 27.2 Å². The molecule has 0 bridgehead atoms. The van der Waals surface area contributed by atoms with Crippen LogP contribution in [0.5, 0.6) is 5.75 Å². The van der Waals surface area contributed by atoms with Gasteiger partial charge in [-0.3, -0.25) is 9.59 Å². The van der Waals surface area contributed by atoms with Crippen LogP contribution in [0.1, 0.15) is 32.8 Å². The van der Waals surface area contributed by atoms with Crippen molar-refractivity contribution < 1.29 is 19.4 Å². The predicted molar refractivity (Wildman–Crippen MR) is 118 cm³/mol. The normalized spacial score (nSPS) is 11.8. The fraction of sp³-hybridized carbons (Fsp3) is 0.455. The second-order valence-electron chi connectivity index (χ2n) is 6.86. The Balaban J connectivity index is 0.00000352. The van der Waals surface area contributed by atoms with Gasteiger partial charge in [0.05, 0.1) is 19.6 Å². The van der Waals surface area contributed by atoms with Gasteiger partial charge in [-0.2, -0.15) is 12.6 Å². The maximum Gasteiger partial charge on any atom is 0.306 e. The number of rotatable bonds is 9. The number of aliphatic carboxylic acids is 1. The van der Waals surface area contributed by atoms with Crippen LogP contribution in [0.25, 0.3) is 6.08 Å². The van der Waals surface area contributed by atoms with E-state index in [-0.39, 0.29) is 18.9 Å². The van der Waals surface area contributed by atoms with Gasteiger partial charge in [0.1, 0.15) is 5.75 Å².